The van der Waals surface area contributed by atoms with Crippen molar-refractivity contribution >= 4 is 11.7 Å². The number of amides is 1. The number of hydrogen-bond acceptors (Lipinski definition) is 3. The zero-order valence-electron chi connectivity index (χ0n) is 9.57. The fourth-order valence-electron chi connectivity index (χ4n) is 2.12. The molecule has 1 heterocycles. The lowest BCUT2D eigenvalue weighted by Gasteiger charge is -2.42. The van der Waals surface area contributed by atoms with Gasteiger partial charge >= 0.3 is 0 Å². The lowest BCUT2D eigenvalue weighted by atomic mass is 9.75. The summed E-state index contributed by atoms with van der Waals surface area (Å²) in [5, 5.41) is 7.08. The molecular weight excluding hydrogens is 204 g/mol. The van der Waals surface area contributed by atoms with Gasteiger partial charge in [-0.2, -0.15) is 5.10 Å². The van der Waals surface area contributed by atoms with Gasteiger partial charge in [0.25, 0.3) is 0 Å². The van der Waals surface area contributed by atoms with Crippen molar-refractivity contribution in [3.05, 3.63) is 12.3 Å². The van der Waals surface area contributed by atoms with Gasteiger partial charge in [0.2, 0.25) is 5.91 Å². The number of nitrogens with one attached hydrogen (secondary N) is 1. The maximum atomic E-state index is 11.8. The van der Waals surface area contributed by atoms with Gasteiger partial charge in [0, 0.05) is 11.7 Å². The van der Waals surface area contributed by atoms with Crippen LogP contribution in [0.4, 0.5) is 5.82 Å². The molecule has 0 spiro atoms. The summed E-state index contributed by atoms with van der Waals surface area (Å²) in [4.78, 5) is 11.8. The van der Waals surface area contributed by atoms with E-state index in [-0.39, 0.29) is 18.0 Å². The molecule has 0 unspecified atom stereocenters. The van der Waals surface area contributed by atoms with Crippen LogP contribution in [0, 0.1) is 0 Å². The van der Waals surface area contributed by atoms with E-state index in [2.05, 4.69) is 17.3 Å². The summed E-state index contributed by atoms with van der Waals surface area (Å²) >= 11 is 0. The highest BCUT2D eigenvalue weighted by Gasteiger charge is 2.36. The van der Waals surface area contributed by atoms with E-state index in [9.17, 15) is 4.79 Å². The van der Waals surface area contributed by atoms with Crippen LogP contribution in [0.25, 0.3) is 0 Å². The SMILES string of the molecule is CCC1(NC(=O)Cn2ccc(N)n2)CCC1. The molecule has 2 rings (SSSR count). The first-order valence-electron chi connectivity index (χ1n) is 5.73. The molecule has 16 heavy (non-hydrogen) atoms. The lowest BCUT2D eigenvalue weighted by molar-refractivity contribution is -0.125. The van der Waals surface area contributed by atoms with Gasteiger partial charge in [0.05, 0.1) is 0 Å². The van der Waals surface area contributed by atoms with Gasteiger partial charge in [-0.25, -0.2) is 0 Å². The van der Waals surface area contributed by atoms with E-state index >= 15 is 0 Å². The molecule has 1 aromatic rings. The molecule has 1 aromatic heterocycles. The number of nitrogen functional groups attached to an aromatic ring is 1. The molecule has 3 N–H and O–H groups in total. The average molecular weight is 222 g/mol. The number of nitrogens with two attached hydrogens (primary N) is 1. The number of rotatable bonds is 4. The smallest absolute Gasteiger partial charge is 0.242 e. The van der Waals surface area contributed by atoms with Crippen LogP contribution in [0.3, 0.4) is 0 Å². The largest absolute Gasteiger partial charge is 0.382 e. The second kappa shape index (κ2) is 4.15. The molecular formula is C11H18N4O. The molecule has 5 nitrogen and oxygen atoms in total. The van der Waals surface area contributed by atoms with Gasteiger partial charge in [-0.15, -0.1) is 0 Å². The van der Waals surface area contributed by atoms with E-state index in [1.807, 2.05) is 0 Å². The van der Waals surface area contributed by atoms with Gasteiger partial charge in [-0.05, 0) is 31.7 Å². The van der Waals surface area contributed by atoms with E-state index in [0.717, 1.165) is 19.3 Å². The molecule has 88 valence electrons. The summed E-state index contributed by atoms with van der Waals surface area (Å²) < 4.78 is 1.56. The Morgan fingerprint density at radius 2 is 2.44 bits per heavy atom. The summed E-state index contributed by atoms with van der Waals surface area (Å²) in [6, 6.07) is 1.69. The Morgan fingerprint density at radius 3 is 2.88 bits per heavy atom. The maximum Gasteiger partial charge on any atom is 0.242 e. The van der Waals surface area contributed by atoms with Crippen molar-refractivity contribution in [3.8, 4) is 0 Å². The lowest BCUT2D eigenvalue weighted by Crippen LogP contribution is -2.53. The van der Waals surface area contributed by atoms with Gasteiger partial charge in [-0.3, -0.25) is 9.48 Å². The molecule has 0 bridgehead atoms. The van der Waals surface area contributed by atoms with Gasteiger partial charge in [-0.1, -0.05) is 6.92 Å². The minimum Gasteiger partial charge on any atom is -0.382 e. The normalized spacial score (nSPS) is 17.8. The van der Waals surface area contributed by atoms with Crippen molar-refractivity contribution in [2.45, 2.75) is 44.7 Å². The molecule has 5 heteroatoms. The third kappa shape index (κ3) is 2.18. The monoisotopic (exact) mass is 222 g/mol. The standard InChI is InChI=1S/C11H18N4O/c1-2-11(5-3-6-11)13-10(16)8-15-7-4-9(12)14-15/h4,7H,2-3,5-6,8H2,1H3,(H2,12,14)(H,13,16). The molecule has 1 fully saturated rings. The number of nitrogens with zero attached hydrogens (tertiary/aromatic N) is 2. The maximum absolute atomic E-state index is 11.8. The van der Waals surface area contributed by atoms with Crippen LogP contribution in [0.2, 0.25) is 0 Å². The molecule has 0 radical (unpaired) electrons. The minimum atomic E-state index is 0.0182. The van der Waals surface area contributed by atoms with E-state index in [1.165, 1.54) is 6.42 Å². The molecule has 0 saturated heterocycles. The Kier molecular flexibility index (Phi) is 2.85. The van der Waals surface area contributed by atoms with E-state index in [4.69, 9.17) is 5.73 Å². The summed E-state index contributed by atoms with van der Waals surface area (Å²) in [5.74, 6) is 0.464. The molecule has 0 atom stereocenters. The fourth-order valence-corrected chi connectivity index (χ4v) is 2.12. The summed E-state index contributed by atoms with van der Waals surface area (Å²) in [6.07, 6.45) is 6.12. The van der Waals surface area contributed by atoms with Crippen molar-refractivity contribution < 1.29 is 4.79 Å². The zero-order valence-corrected chi connectivity index (χ0v) is 9.57. The van der Waals surface area contributed by atoms with Crippen molar-refractivity contribution in [1.82, 2.24) is 15.1 Å². The topological polar surface area (TPSA) is 72.9 Å². The van der Waals surface area contributed by atoms with Crippen LogP contribution in [0.5, 0.6) is 0 Å². The first-order chi connectivity index (χ1) is 7.63. The Labute approximate surface area is 95.0 Å². The number of anilines is 1. The van der Waals surface area contributed by atoms with Crippen molar-refractivity contribution in [3.63, 3.8) is 0 Å². The van der Waals surface area contributed by atoms with E-state index in [0.29, 0.717) is 5.82 Å². The predicted octanol–water partition coefficient (Wildman–Crippen LogP) is 0.914. The second-order valence-electron chi connectivity index (χ2n) is 4.47. The zero-order chi connectivity index (χ0) is 11.6. The Balaban J connectivity index is 1.89. The van der Waals surface area contributed by atoms with Crippen LogP contribution < -0.4 is 11.1 Å². The van der Waals surface area contributed by atoms with Gasteiger partial charge in [0.1, 0.15) is 12.4 Å². The van der Waals surface area contributed by atoms with Crippen LogP contribution in [-0.2, 0) is 11.3 Å². The van der Waals surface area contributed by atoms with Crippen LogP contribution in [0.1, 0.15) is 32.6 Å². The Morgan fingerprint density at radius 1 is 1.69 bits per heavy atom. The number of carbonyl (C=O) groups is 1. The highest BCUT2D eigenvalue weighted by atomic mass is 16.2. The number of carbonyl (C=O) groups excluding carboxylic acids is 1. The number of hydrogen-bond donors (Lipinski definition) is 2. The predicted molar refractivity (Wildman–Crippen MR) is 61.7 cm³/mol. The van der Waals surface area contributed by atoms with Crippen LogP contribution >= 0.6 is 0 Å². The van der Waals surface area contributed by atoms with Crippen molar-refractivity contribution in [1.29, 1.82) is 0 Å². The molecule has 1 amide bonds. The minimum absolute atomic E-state index is 0.0182. The van der Waals surface area contributed by atoms with Gasteiger partial charge in [0.15, 0.2) is 0 Å². The Bertz CT molecular complexity index is 376. The second-order valence-corrected chi connectivity index (χ2v) is 4.47. The third-order valence-electron chi connectivity index (χ3n) is 3.36. The van der Waals surface area contributed by atoms with Crippen molar-refractivity contribution in [2.75, 3.05) is 5.73 Å². The third-order valence-corrected chi connectivity index (χ3v) is 3.36. The number of aromatic nitrogens is 2. The fraction of sp³-hybridized carbons (Fsp3) is 0.636. The highest BCUT2D eigenvalue weighted by Crippen LogP contribution is 2.34. The molecule has 1 aliphatic rings. The van der Waals surface area contributed by atoms with Gasteiger partial charge < -0.3 is 11.1 Å². The first-order valence-corrected chi connectivity index (χ1v) is 5.73. The molecule has 1 aliphatic carbocycles. The molecule has 0 aromatic carbocycles. The average Bonchev–Trinajstić information content (AvgIpc) is 2.57. The first kappa shape index (κ1) is 11.0. The summed E-state index contributed by atoms with van der Waals surface area (Å²) in [5.41, 5.74) is 5.53. The van der Waals surface area contributed by atoms with Crippen LogP contribution in [-0.4, -0.2) is 21.2 Å². The summed E-state index contributed by atoms with van der Waals surface area (Å²) in [7, 11) is 0. The van der Waals surface area contributed by atoms with E-state index in [1.54, 1.807) is 16.9 Å². The van der Waals surface area contributed by atoms with E-state index < -0.39 is 0 Å². The Hall–Kier alpha value is -1.52. The summed E-state index contributed by atoms with van der Waals surface area (Å²) in [6.45, 7) is 2.37. The highest BCUT2D eigenvalue weighted by molar-refractivity contribution is 5.76. The van der Waals surface area contributed by atoms with Crippen molar-refractivity contribution in [2.24, 2.45) is 0 Å². The quantitative estimate of drug-likeness (QED) is 0.795. The molecule has 0 aliphatic heterocycles. The van der Waals surface area contributed by atoms with Crippen LogP contribution in [0.15, 0.2) is 12.3 Å². The molecule has 1 saturated carbocycles.